The summed E-state index contributed by atoms with van der Waals surface area (Å²) in [4.78, 5) is 27.8. The molecule has 0 saturated carbocycles. The number of ether oxygens (including phenoxy) is 1. The smallest absolute Gasteiger partial charge is 0.292 e. The summed E-state index contributed by atoms with van der Waals surface area (Å²) < 4.78 is 5.41. The number of imide groups is 1. The van der Waals surface area contributed by atoms with Crippen LogP contribution in [0.5, 0.6) is 5.75 Å². The number of carbonyl (C=O) groups excluding carboxylic acids is 2. The average molecular weight is 317 g/mol. The molecule has 1 atom stereocenters. The van der Waals surface area contributed by atoms with Crippen molar-refractivity contribution >= 4 is 17.5 Å². The maximum atomic E-state index is 12.8. The molecule has 124 valence electrons. The van der Waals surface area contributed by atoms with Gasteiger partial charge in [-0.3, -0.25) is 9.59 Å². The molecule has 0 unspecified atom stereocenters. The van der Waals surface area contributed by atoms with Gasteiger partial charge in [0, 0.05) is 0 Å². The molecule has 0 spiro atoms. The molecule has 5 nitrogen and oxygen atoms in total. The van der Waals surface area contributed by atoms with Crippen LogP contribution in [0.15, 0.2) is 24.3 Å². The molecule has 1 N–H and O–H groups in total. The van der Waals surface area contributed by atoms with Crippen molar-refractivity contribution in [3.63, 3.8) is 0 Å². The summed E-state index contributed by atoms with van der Waals surface area (Å²) in [5.74, 6) is 0.627. The third kappa shape index (κ3) is 3.39. The fourth-order valence-electron chi connectivity index (χ4n) is 3.61. The molecule has 2 fully saturated rings. The molecule has 2 amide bonds. The number of amides is 2. The lowest BCUT2D eigenvalue weighted by Gasteiger charge is -2.22. The number of likely N-dealkylation sites (tertiary alicyclic amines) is 1. The van der Waals surface area contributed by atoms with Gasteiger partial charge < -0.3 is 9.64 Å². The Labute approximate surface area is 137 Å². The van der Waals surface area contributed by atoms with Crippen molar-refractivity contribution in [3.05, 3.63) is 24.3 Å². The summed E-state index contributed by atoms with van der Waals surface area (Å²) in [6.45, 7) is 4.53. The summed E-state index contributed by atoms with van der Waals surface area (Å²) in [6, 6.07) is 7.01. The zero-order chi connectivity index (χ0) is 16.2. The third-order valence-electron chi connectivity index (χ3n) is 4.79. The summed E-state index contributed by atoms with van der Waals surface area (Å²) in [5.41, 5.74) is 0.653. The van der Waals surface area contributed by atoms with E-state index in [1.807, 2.05) is 19.1 Å². The third-order valence-corrected chi connectivity index (χ3v) is 4.79. The van der Waals surface area contributed by atoms with E-state index in [1.54, 1.807) is 12.1 Å². The molecule has 5 heteroatoms. The molecule has 2 heterocycles. The summed E-state index contributed by atoms with van der Waals surface area (Å²) in [7, 11) is 0. The Bertz CT molecular complexity index is 562. The van der Waals surface area contributed by atoms with Gasteiger partial charge in [0.2, 0.25) is 5.91 Å². The lowest BCUT2D eigenvalue weighted by atomic mass is 10.2. The minimum absolute atomic E-state index is 0.0453. The molecule has 2 aliphatic heterocycles. The first-order chi connectivity index (χ1) is 11.2. The highest BCUT2D eigenvalue weighted by molar-refractivity contribution is 6.21. The van der Waals surface area contributed by atoms with Gasteiger partial charge in [0.05, 0.1) is 31.8 Å². The monoisotopic (exact) mass is 317 g/mol. The number of anilines is 1. The Balaban J connectivity index is 1.75. The number of quaternary nitrogens is 1. The predicted octanol–water partition coefficient (Wildman–Crippen LogP) is 1.18. The van der Waals surface area contributed by atoms with E-state index in [-0.39, 0.29) is 17.9 Å². The van der Waals surface area contributed by atoms with Crippen LogP contribution in [-0.2, 0) is 9.59 Å². The summed E-state index contributed by atoms with van der Waals surface area (Å²) >= 11 is 0. The highest BCUT2D eigenvalue weighted by atomic mass is 16.5. The van der Waals surface area contributed by atoms with Crippen LogP contribution in [0.1, 0.15) is 39.0 Å². The quantitative estimate of drug-likeness (QED) is 0.849. The Morgan fingerprint density at radius 1 is 1.09 bits per heavy atom. The van der Waals surface area contributed by atoms with E-state index < -0.39 is 0 Å². The van der Waals surface area contributed by atoms with Gasteiger partial charge in [0.15, 0.2) is 6.04 Å². The first-order valence-corrected chi connectivity index (χ1v) is 8.65. The predicted molar refractivity (Wildman–Crippen MR) is 87.7 cm³/mol. The molecule has 2 saturated heterocycles. The van der Waals surface area contributed by atoms with Crippen LogP contribution in [-0.4, -0.2) is 37.6 Å². The van der Waals surface area contributed by atoms with Crippen molar-refractivity contribution in [2.45, 2.75) is 45.1 Å². The fourth-order valence-corrected chi connectivity index (χ4v) is 3.61. The van der Waals surface area contributed by atoms with Gasteiger partial charge in [0.25, 0.3) is 5.91 Å². The molecule has 3 rings (SSSR count). The van der Waals surface area contributed by atoms with Crippen molar-refractivity contribution in [2.75, 3.05) is 24.6 Å². The second-order valence-corrected chi connectivity index (χ2v) is 6.32. The fraction of sp³-hybridized carbons (Fsp3) is 0.556. The molecule has 0 radical (unpaired) electrons. The van der Waals surface area contributed by atoms with Crippen LogP contribution in [0.3, 0.4) is 0 Å². The summed E-state index contributed by atoms with van der Waals surface area (Å²) in [6.07, 6.45) is 5.11. The van der Waals surface area contributed by atoms with Gasteiger partial charge in [-0.1, -0.05) is 0 Å². The largest absolute Gasteiger partial charge is 0.494 e. The van der Waals surface area contributed by atoms with Gasteiger partial charge in [-0.2, -0.15) is 0 Å². The number of hydrogen-bond donors (Lipinski definition) is 1. The highest BCUT2D eigenvalue weighted by Gasteiger charge is 2.45. The maximum Gasteiger partial charge on any atom is 0.292 e. The topological polar surface area (TPSA) is 51.0 Å². The van der Waals surface area contributed by atoms with Crippen LogP contribution in [0.4, 0.5) is 5.69 Å². The van der Waals surface area contributed by atoms with Crippen molar-refractivity contribution in [1.82, 2.24) is 0 Å². The van der Waals surface area contributed by atoms with Crippen LogP contribution >= 0.6 is 0 Å². The van der Waals surface area contributed by atoms with Gasteiger partial charge in [0.1, 0.15) is 5.75 Å². The molecule has 1 aromatic carbocycles. The average Bonchev–Trinajstić information content (AvgIpc) is 2.74. The molecular weight excluding hydrogens is 292 g/mol. The zero-order valence-electron chi connectivity index (χ0n) is 13.7. The Morgan fingerprint density at radius 2 is 1.74 bits per heavy atom. The van der Waals surface area contributed by atoms with E-state index in [9.17, 15) is 9.59 Å². The number of carbonyl (C=O) groups is 2. The number of nitrogens with zero attached hydrogens (tertiary/aromatic N) is 1. The Morgan fingerprint density at radius 3 is 2.35 bits per heavy atom. The number of nitrogens with one attached hydrogen (secondary N) is 1. The lowest BCUT2D eigenvalue weighted by Crippen LogP contribution is -3.16. The highest BCUT2D eigenvalue weighted by Crippen LogP contribution is 2.24. The normalized spacial score (nSPS) is 23.2. The van der Waals surface area contributed by atoms with E-state index >= 15 is 0 Å². The van der Waals surface area contributed by atoms with Crippen molar-refractivity contribution in [2.24, 2.45) is 0 Å². The number of hydrogen-bond acceptors (Lipinski definition) is 3. The van der Waals surface area contributed by atoms with Crippen LogP contribution < -0.4 is 14.5 Å². The molecule has 0 aromatic heterocycles. The maximum absolute atomic E-state index is 12.8. The minimum Gasteiger partial charge on any atom is -0.494 e. The van der Waals surface area contributed by atoms with Crippen molar-refractivity contribution in [1.29, 1.82) is 0 Å². The summed E-state index contributed by atoms with van der Waals surface area (Å²) in [5, 5.41) is 0. The van der Waals surface area contributed by atoms with Crippen molar-refractivity contribution < 1.29 is 19.2 Å². The lowest BCUT2D eigenvalue weighted by molar-refractivity contribution is -0.914. The van der Waals surface area contributed by atoms with Crippen LogP contribution in [0.2, 0.25) is 0 Å². The first-order valence-electron chi connectivity index (χ1n) is 8.65. The van der Waals surface area contributed by atoms with Gasteiger partial charge >= 0.3 is 0 Å². The molecule has 0 aliphatic carbocycles. The first kappa shape index (κ1) is 16.0. The van der Waals surface area contributed by atoms with Crippen LogP contribution in [0.25, 0.3) is 0 Å². The number of rotatable bonds is 4. The molecule has 23 heavy (non-hydrogen) atoms. The Kier molecular flexibility index (Phi) is 4.96. The van der Waals surface area contributed by atoms with E-state index in [0.29, 0.717) is 18.7 Å². The van der Waals surface area contributed by atoms with Gasteiger partial charge in [-0.25, -0.2) is 4.90 Å². The zero-order valence-corrected chi connectivity index (χ0v) is 13.7. The Hall–Kier alpha value is -1.88. The molecule has 0 bridgehead atoms. The van der Waals surface area contributed by atoms with Gasteiger partial charge in [-0.15, -0.1) is 0 Å². The molecule has 2 aliphatic rings. The second kappa shape index (κ2) is 7.13. The van der Waals surface area contributed by atoms with E-state index in [1.165, 1.54) is 22.6 Å². The SMILES string of the molecule is CCOc1ccc(N2C(=O)C[C@@H]([NH+]3CCCCCC3)C2=O)cc1. The standard InChI is InChI=1S/C18H24N2O3/c1-2-23-15-9-7-14(8-10-15)20-17(21)13-16(18(20)22)19-11-5-3-4-6-12-19/h7-10,16H,2-6,11-13H2,1H3/p+1/t16-/m1/s1. The van der Waals surface area contributed by atoms with Crippen LogP contribution in [0, 0.1) is 0 Å². The molecular formula is C18H25N2O3+. The number of benzene rings is 1. The minimum atomic E-state index is -0.202. The van der Waals surface area contributed by atoms with E-state index in [0.717, 1.165) is 31.7 Å². The van der Waals surface area contributed by atoms with Crippen molar-refractivity contribution in [3.8, 4) is 5.75 Å². The van der Waals surface area contributed by atoms with Gasteiger partial charge in [-0.05, 0) is 56.9 Å². The van der Waals surface area contributed by atoms with E-state index in [4.69, 9.17) is 4.74 Å². The second-order valence-electron chi connectivity index (χ2n) is 6.32. The van der Waals surface area contributed by atoms with E-state index in [2.05, 4.69) is 0 Å². The molecule has 1 aromatic rings.